The highest BCUT2D eigenvalue weighted by Crippen LogP contribution is 2.06. The number of unbranched alkanes of at least 4 members (excludes halogenated alkanes) is 1. The van der Waals surface area contributed by atoms with Gasteiger partial charge in [-0.15, -0.1) is 0 Å². The molecule has 0 atom stereocenters. The van der Waals surface area contributed by atoms with E-state index in [0.717, 1.165) is 19.5 Å². The average Bonchev–Trinajstić information content (AvgIpc) is 2.28. The van der Waals surface area contributed by atoms with Gasteiger partial charge in [-0.2, -0.15) is 0 Å². The van der Waals surface area contributed by atoms with Crippen LogP contribution < -0.4 is 0 Å². The maximum atomic E-state index is 3.93. The van der Waals surface area contributed by atoms with E-state index in [1.54, 1.807) is 0 Å². The second-order valence-electron chi connectivity index (χ2n) is 3.97. The van der Waals surface area contributed by atoms with Gasteiger partial charge in [0.2, 0.25) is 0 Å². The van der Waals surface area contributed by atoms with Crippen LogP contribution in [-0.2, 0) is 6.54 Å². The monoisotopic (exact) mass is 204 g/mol. The van der Waals surface area contributed by atoms with Crippen LogP contribution in [-0.4, -0.2) is 18.0 Å². The van der Waals surface area contributed by atoms with Gasteiger partial charge < -0.3 is 0 Å². The van der Waals surface area contributed by atoms with E-state index >= 15 is 0 Å². The van der Waals surface area contributed by atoms with Crippen molar-refractivity contribution in [2.24, 2.45) is 0 Å². The Morgan fingerprint density at radius 1 is 1.13 bits per heavy atom. The number of hydrogen-bond acceptors (Lipinski definition) is 1. The molecule has 0 unspecified atom stereocenters. The van der Waals surface area contributed by atoms with Crippen molar-refractivity contribution >= 4 is 0 Å². The molecule has 1 aromatic rings. The molecule has 0 saturated carbocycles. The van der Waals surface area contributed by atoms with Crippen LogP contribution in [0.3, 0.4) is 0 Å². The van der Waals surface area contributed by atoms with E-state index < -0.39 is 0 Å². The molecule has 0 fully saturated rings. The topological polar surface area (TPSA) is 3.24 Å². The van der Waals surface area contributed by atoms with E-state index in [4.69, 9.17) is 0 Å². The van der Waals surface area contributed by atoms with Crippen molar-refractivity contribution in [3.8, 4) is 0 Å². The van der Waals surface area contributed by atoms with Crippen molar-refractivity contribution in [1.29, 1.82) is 0 Å². The van der Waals surface area contributed by atoms with Gasteiger partial charge in [-0.25, -0.2) is 0 Å². The molecule has 1 radical (unpaired) electrons. The van der Waals surface area contributed by atoms with Gasteiger partial charge in [-0.1, -0.05) is 50.6 Å². The maximum absolute atomic E-state index is 3.93. The Kier molecular flexibility index (Phi) is 6.10. The first-order chi connectivity index (χ1) is 7.36. The number of hydrogen-bond donors (Lipinski definition) is 0. The molecular formula is C14H22N. The molecule has 15 heavy (non-hydrogen) atoms. The predicted octanol–water partition coefficient (Wildman–Crippen LogP) is 3.51. The van der Waals surface area contributed by atoms with Gasteiger partial charge >= 0.3 is 0 Å². The fourth-order valence-corrected chi connectivity index (χ4v) is 1.72. The van der Waals surface area contributed by atoms with Crippen LogP contribution >= 0.6 is 0 Å². The number of nitrogens with zero attached hydrogens (tertiary/aromatic N) is 1. The largest absolute Gasteiger partial charge is 0.299 e. The van der Waals surface area contributed by atoms with Crippen molar-refractivity contribution in [3.05, 3.63) is 42.8 Å². The van der Waals surface area contributed by atoms with Crippen molar-refractivity contribution in [2.45, 2.75) is 32.7 Å². The smallest absolute Gasteiger partial charge is 0.0233 e. The molecule has 1 heteroatoms. The van der Waals surface area contributed by atoms with Crippen LogP contribution in [0.4, 0.5) is 0 Å². The quantitative estimate of drug-likeness (QED) is 0.657. The van der Waals surface area contributed by atoms with Crippen LogP contribution in [0.2, 0.25) is 0 Å². The highest BCUT2D eigenvalue weighted by Gasteiger charge is 2.03. The van der Waals surface area contributed by atoms with Crippen LogP contribution in [0.15, 0.2) is 30.3 Å². The first-order valence-corrected chi connectivity index (χ1v) is 5.92. The predicted molar refractivity (Wildman–Crippen MR) is 66.6 cm³/mol. The number of benzene rings is 1. The Labute approximate surface area is 94.1 Å². The Hall–Kier alpha value is -0.820. The molecule has 0 spiro atoms. The molecule has 0 saturated heterocycles. The fraction of sp³-hybridized carbons (Fsp3) is 0.500. The van der Waals surface area contributed by atoms with E-state index in [-0.39, 0.29) is 0 Å². The average molecular weight is 204 g/mol. The van der Waals surface area contributed by atoms with Crippen molar-refractivity contribution in [2.75, 3.05) is 13.1 Å². The zero-order chi connectivity index (χ0) is 10.9. The summed E-state index contributed by atoms with van der Waals surface area (Å²) < 4.78 is 0. The summed E-state index contributed by atoms with van der Waals surface area (Å²) in [6.07, 6.45) is 3.55. The van der Waals surface area contributed by atoms with Gasteiger partial charge in [-0.3, -0.25) is 4.90 Å². The van der Waals surface area contributed by atoms with E-state index in [1.807, 2.05) is 0 Å². The summed E-state index contributed by atoms with van der Waals surface area (Å²) in [7, 11) is 0. The third-order valence-electron chi connectivity index (χ3n) is 2.55. The lowest BCUT2D eigenvalue weighted by Crippen LogP contribution is -2.25. The molecule has 1 nitrogen and oxygen atoms in total. The molecule has 0 aromatic heterocycles. The maximum Gasteiger partial charge on any atom is 0.0233 e. The summed E-state index contributed by atoms with van der Waals surface area (Å²) in [5, 5.41) is 0. The zero-order valence-corrected chi connectivity index (χ0v) is 9.78. The Morgan fingerprint density at radius 3 is 2.47 bits per heavy atom. The van der Waals surface area contributed by atoms with Crippen LogP contribution in [0.25, 0.3) is 0 Å². The van der Waals surface area contributed by atoms with Gasteiger partial charge in [0.05, 0.1) is 0 Å². The molecule has 83 valence electrons. The van der Waals surface area contributed by atoms with Crippen LogP contribution in [0.1, 0.15) is 31.7 Å². The molecule has 0 aliphatic carbocycles. The Morgan fingerprint density at radius 2 is 1.87 bits per heavy atom. The summed E-state index contributed by atoms with van der Waals surface area (Å²) in [4.78, 5) is 2.49. The van der Waals surface area contributed by atoms with Crippen LogP contribution in [0, 0.1) is 6.92 Å². The van der Waals surface area contributed by atoms with Gasteiger partial charge in [-0.05, 0) is 31.5 Å². The first kappa shape index (κ1) is 12.3. The second kappa shape index (κ2) is 7.47. The lowest BCUT2D eigenvalue weighted by molar-refractivity contribution is 0.266. The minimum absolute atomic E-state index is 0.997. The molecule has 0 bridgehead atoms. The normalized spacial score (nSPS) is 10.9. The Balaban J connectivity index is 2.43. The van der Waals surface area contributed by atoms with Crippen LogP contribution in [0.5, 0.6) is 0 Å². The van der Waals surface area contributed by atoms with Crippen molar-refractivity contribution in [1.82, 2.24) is 4.90 Å². The molecular weight excluding hydrogens is 182 g/mol. The third kappa shape index (κ3) is 4.98. The van der Waals surface area contributed by atoms with Gasteiger partial charge in [0.1, 0.15) is 0 Å². The van der Waals surface area contributed by atoms with E-state index in [9.17, 15) is 0 Å². The van der Waals surface area contributed by atoms with Gasteiger partial charge in [0.15, 0.2) is 0 Å². The van der Waals surface area contributed by atoms with E-state index in [1.165, 1.54) is 24.9 Å². The fourth-order valence-electron chi connectivity index (χ4n) is 1.72. The molecule has 0 heterocycles. The summed E-state index contributed by atoms with van der Waals surface area (Å²) in [5.74, 6) is 0. The third-order valence-corrected chi connectivity index (χ3v) is 2.55. The lowest BCUT2D eigenvalue weighted by atomic mass is 10.2. The SMILES string of the molecule is [CH2]CCN(CCCC)Cc1ccccc1. The summed E-state index contributed by atoms with van der Waals surface area (Å²) in [5.41, 5.74) is 1.40. The minimum atomic E-state index is 0.997. The highest BCUT2D eigenvalue weighted by molar-refractivity contribution is 5.14. The highest BCUT2D eigenvalue weighted by atomic mass is 15.1. The van der Waals surface area contributed by atoms with Gasteiger partial charge in [0, 0.05) is 6.54 Å². The summed E-state index contributed by atoms with van der Waals surface area (Å²) >= 11 is 0. The number of rotatable bonds is 7. The minimum Gasteiger partial charge on any atom is -0.299 e. The van der Waals surface area contributed by atoms with Crippen molar-refractivity contribution in [3.63, 3.8) is 0 Å². The van der Waals surface area contributed by atoms with Crippen molar-refractivity contribution < 1.29 is 0 Å². The zero-order valence-electron chi connectivity index (χ0n) is 9.78. The van der Waals surface area contributed by atoms with E-state index in [2.05, 4.69) is 49.1 Å². The summed E-state index contributed by atoms with van der Waals surface area (Å²) in [6.45, 7) is 9.54. The first-order valence-electron chi connectivity index (χ1n) is 5.92. The molecule has 0 N–H and O–H groups in total. The lowest BCUT2D eigenvalue weighted by Gasteiger charge is -2.21. The second-order valence-corrected chi connectivity index (χ2v) is 3.97. The van der Waals surface area contributed by atoms with E-state index in [0.29, 0.717) is 0 Å². The molecule has 1 rings (SSSR count). The van der Waals surface area contributed by atoms with Gasteiger partial charge in [0.25, 0.3) is 0 Å². The molecule has 0 aliphatic rings. The summed E-state index contributed by atoms with van der Waals surface area (Å²) in [6, 6.07) is 10.7. The molecule has 0 amide bonds. The molecule has 1 aromatic carbocycles. The standard InChI is InChI=1S/C14H22N/c1-3-5-12-15(11-4-2)13-14-9-7-6-8-10-14/h6-10H,2-5,11-13H2,1H3. The Bertz CT molecular complexity index is 243. The molecule has 0 aliphatic heterocycles.